The van der Waals surface area contributed by atoms with Crippen molar-refractivity contribution < 1.29 is 9.53 Å². The lowest BCUT2D eigenvalue weighted by Crippen LogP contribution is -1.92. The van der Waals surface area contributed by atoms with Gasteiger partial charge in [0.05, 0.1) is 7.11 Å². The highest BCUT2D eigenvalue weighted by Crippen LogP contribution is 2.00. The highest BCUT2D eigenvalue weighted by Gasteiger charge is 1.89. The van der Waals surface area contributed by atoms with Crippen molar-refractivity contribution in [3.05, 3.63) is 42.0 Å². The summed E-state index contributed by atoms with van der Waals surface area (Å²) in [6.07, 6.45) is 3.11. The molecule has 0 aliphatic carbocycles. The largest absolute Gasteiger partial charge is 0.466 e. The standard InChI is InChI=1S/C10H10O2.C2H7N.2C2H6/c1-12-10(11)8-7-9-5-3-2-4-6-9;1-3-2;2*1-2/h2-8H,1H3;3H,1-2H3;2*1-2H3/b8-7+;;;. The Labute approximate surface area is 118 Å². The fraction of sp³-hybridized carbons (Fsp3) is 0.438. The van der Waals surface area contributed by atoms with Crippen molar-refractivity contribution in [2.45, 2.75) is 27.7 Å². The highest BCUT2D eigenvalue weighted by molar-refractivity contribution is 5.86. The van der Waals surface area contributed by atoms with Crippen molar-refractivity contribution in [3.63, 3.8) is 0 Å². The summed E-state index contributed by atoms with van der Waals surface area (Å²) >= 11 is 0. The first-order valence-corrected chi connectivity index (χ1v) is 6.64. The molecule has 0 atom stereocenters. The molecule has 0 amide bonds. The third-order valence-electron chi connectivity index (χ3n) is 1.41. The molecule has 0 fully saturated rings. The van der Waals surface area contributed by atoms with Crippen LogP contribution in [0.4, 0.5) is 0 Å². The number of rotatable bonds is 2. The zero-order chi connectivity index (χ0) is 15.5. The minimum atomic E-state index is -0.334. The van der Waals surface area contributed by atoms with E-state index < -0.39 is 0 Å². The van der Waals surface area contributed by atoms with Gasteiger partial charge in [0.2, 0.25) is 0 Å². The fourth-order valence-corrected chi connectivity index (χ4v) is 0.796. The second-order valence-electron chi connectivity index (χ2n) is 2.77. The first-order chi connectivity index (χ1) is 9.24. The molecule has 1 N–H and O–H groups in total. The van der Waals surface area contributed by atoms with Gasteiger partial charge < -0.3 is 10.1 Å². The Kier molecular flexibility index (Phi) is 25.7. The Morgan fingerprint density at radius 3 is 1.84 bits per heavy atom. The molecule has 0 saturated heterocycles. The number of carbonyl (C=O) groups excluding carboxylic acids is 1. The van der Waals surface area contributed by atoms with E-state index in [0.717, 1.165) is 5.56 Å². The van der Waals surface area contributed by atoms with Gasteiger partial charge in [-0.15, -0.1) is 0 Å². The second kappa shape index (κ2) is 21.7. The van der Waals surface area contributed by atoms with Gasteiger partial charge in [0.15, 0.2) is 0 Å². The molecule has 0 aliphatic heterocycles. The molecule has 3 heteroatoms. The number of carbonyl (C=O) groups is 1. The van der Waals surface area contributed by atoms with Gasteiger partial charge >= 0.3 is 5.97 Å². The molecule has 1 rings (SSSR count). The molecular formula is C16H29NO2. The van der Waals surface area contributed by atoms with E-state index in [9.17, 15) is 4.79 Å². The molecular weight excluding hydrogens is 238 g/mol. The molecule has 1 aromatic rings. The van der Waals surface area contributed by atoms with Crippen molar-refractivity contribution in [3.8, 4) is 0 Å². The maximum Gasteiger partial charge on any atom is 0.330 e. The molecule has 0 radical (unpaired) electrons. The number of benzene rings is 1. The van der Waals surface area contributed by atoms with Gasteiger partial charge in [-0.2, -0.15) is 0 Å². The molecule has 0 heterocycles. The first kappa shape index (κ1) is 22.6. The van der Waals surface area contributed by atoms with E-state index in [1.807, 2.05) is 72.1 Å². The molecule has 0 unspecified atom stereocenters. The van der Waals surface area contributed by atoms with Crippen LogP contribution in [0.5, 0.6) is 0 Å². The maximum atomic E-state index is 10.7. The number of hydrogen-bond donors (Lipinski definition) is 1. The maximum absolute atomic E-state index is 10.7. The Balaban J connectivity index is -0.000000313. The minimum Gasteiger partial charge on any atom is -0.466 e. The molecule has 3 nitrogen and oxygen atoms in total. The van der Waals surface area contributed by atoms with E-state index in [0.29, 0.717) is 0 Å². The van der Waals surface area contributed by atoms with Crippen molar-refractivity contribution in [2.75, 3.05) is 21.2 Å². The van der Waals surface area contributed by atoms with Gasteiger partial charge in [0, 0.05) is 6.08 Å². The summed E-state index contributed by atoms with van der Waals surface area (Å²) < 4.78 is 4.45. The summed E-state index contributed by atoms with van der Waals surface area (Å²) in [7, 11) is 5.11. The smallest absolute Gasteiger partial charge is 0.330 e. The van der Waals surface area contributed by atoms with E-state index in [-0.39, 0.29) is 5.97 Å². The molecule has 110 valence electrons. The van der Waals surface area contributed by atoms with Crippen LogP contribution < -0.4 is 5.32 Å². The van der Waals surface area contributed by atoms with E-state index in [1.54, 1.807) is 6.08 Å². The van der Waals surface area contributed by atoms with Crippen molar-refractivity contribution in [1.82, 2.24) is 5.32 Å². The van der Waals surface area contributed by atoms with E-state index in [2.05, 4.69) is 10.1 Å². The van der Waals surface area contributed by atoms with Crippen molar-refractivity contribution >= 4 is 12.0 Å². The monoisotopic (exact) mass is 267 g/mol. The number of ether oxygens (including phenoxy) is 1. The van der Waals surface area contributed by atoms with Crippen LogP contribution in [0.15, 0.2) is 36.4 Å². The van der Waals surface area contributed by atoms with E-state index in [4.69, 9.17) is 0 Å². The van der Waals surface area contributed by atoms with E-state index in [1.165, 1.54) is 13.2 Å². The van der Waals surface area contributed by atoms with Crippen LogP contribution in [0.3, 0.4) is 0 Å². The van der Waals surface area contributed by atoms with Gasteiger partial charge in [0.1, 0.15) is 0 Å². The summed E-state index contributed by atoms with van der Waals surface area (Å²) in [6.45, 7) is 8.00. The lowest BCUT2D eigenvalue weighted by atomic mass is 10.2. The molecule has 0 spiro atoms. The summed E-state index contributed by atoms with van der Waals surface area (Å²) in [5.74, 6) is -0.334. The number of methoxy groups -OCH3 is 1. The third kappa shape index (κ3) is 18.9. The van der Waals surface area contributed by atoms with Gasteiger partial charge in [-0.25, -0.2) is 4.79 Å². The minimum absolute atomic E-state index is 0.334. The quantitative estimate of drug-likeness (QED) is 0.655. The van der Waals surface area contributed by atoms with Gasteiger partial charge in [-0.05, 0) is 25.7 Å². The molecule has 0 aromatic heterocycles. The Morgan fingerprint density at radius 2 is 1.47 bits per heavy atom. The molecule has 0 aliphatic rings. The van der Waals surface area contributed by atoms with Crippen LogP contribution in [0.25, 0.3) is 6.08 Å². The predicted octanol–water partition coefficient (Wildman–Crippen LogP) is 3.76. The normalized spacial score (nSPS) is 7.95. The first-order valence-electron chi connectivity index (χ1n) is 6.64. The van der Waals surface area contributed by atoms with E-state index >= 15 is 0 Å². The number of nitrogens with one attached hydrogen (secondary N) is 1. The topological polar surface area (TPSA) is 38.3 Å². The van der Waals surface area contributed by atoms with Gasteiger partial charge in [-0.1, -0.05) is 58.0 Å². The Morgan fingerprint density at radius 1 is 1.05 bits per heavy atom. The Hall–Kier alpha value is -1.61. The van der Waals surface area contributed by atoms with Crippen LogP contribution >= 0.6 is 0 Å². The SMILES string of the molecule is CC.CC.CNC.COC(=O)/C=C/c1ccccc1. The third-order valence-corrected chi connectivity index (χ3v) is 1.41. The van der Waals surface area contributed by atoms with Gasteiger partial charge in [-0.3, -0.25) is 0 Å². The van der Waals surface area contributed by atoms with Crippen molar-refractivity contribution in [1.29, 1.82) is 0 Å². The average Bonchev–Trinajstić information content (AvgIpc) is 2.50. The predicted molar refractivity (Wildman–Crippen MR) is 85.2 cm³/mol. The summed E-state index contributed by atoms with van der Waals surface area (Å²) in [5, 5.41) is 2.75. The molecule has 19 heavy (non-hydrogen) atoms. The van der Waals surface area contributed by atoms with Crippen LogP contribution in [-0.2, 0) is 9.53 Å². The number of hydrogen-bond acceptors (Lipinski definition) is 3. The Bertz CT molecular complexity index is 295. The van der Waals surface area contributed by atoms with Crippen LogP contribution in [0, 0.1) is 0 Å². The zero-order valence-corrected chi connectivity index (χ0v) is 13.4. The summed E-state index contributed by atoms with van der Waals surface area (Å²) in [5.41, 5.74) is 0.989. The fourth-order valence-electron chi connectivity index (χ4n) is 0.796. The lowest BCUT2D eigenvalue weighted by Gasteiger charge is -1.91. The number of esters is 1. The summed E-state index contributed by atoms with van der Waals surface area (Å²) in [4.78, 5) is 10.7. The highest BCUT2D eigenvalue weighted by atomic mass is 16.5. The van der Waals surface area contributed by atoms with Crippen LogP contribution in [-0.4, -0.2) is 27.2 Å². The van der Waals surface area contributed by atoms with Crippen molar-refractivity contribution in [2.24, 2.45) is 0 Å². The molecule has 0 bridgehead atoms. The second-order valence-corrected chi connectivity index (χ2v) is 2.77. The summed E-state index contributed by atoms with van der Waals surface area (Å²) in [6, 6.07) is 9.59. The molecule has 0 saturated carbocycles. The van der Waals surface area contributed by atoms with Gasteiger partial charge in [0.25, 0.3) is 0 Å². The average molecular weight is 267 g/mol. The van der Waals surface area contributed by atoms with Crippen LogP contribution in [0.2, 0.25) is 0 Å². The molecule has 1 aromatic carbocycles. The zero-order valence-electron chi connectivity index (χ0n) is 13.4. The lowest BCUT2D eigenvalue weighted by molar-refractivity contribution is -0.134. The van der Waals surface area contributed by atoms with Crippen LogP contribution in [0.1, 0.15) is 33.3 Å².